The van der Waals surface area contributed by atoms with Crippen molar-refractivity contribution in [3.05, 3.63) is 87.7 Å². The fraction of sp³-hybridized carbons (Fsp3) is 0.250. The minimum Gasteiger partial charge on any atom is -0.343 e. The van der Waals surface area contributed by atoms with Crippen molar-refractivity contribution in [2.24, 2.45) is 5.92 Å². The molecule has 2 aromatic carbocycles. The largest absolute Gasteiger partial charge is 0.343 e. The lowest BCUT2D eigenvalue weighted by atomic mass is 9.71. The molecular weight excluding hydrogens is 382 g/mol. The number of rotatable bonds is 2. The molecule has 29 heavy (non-hydrogen) atoms. The second-order valence-corrected chi connectivity index (χ2v) is 8.27. The van der Waals surface area contributed by atoms with Crippen molar-refractivity contribution in [2.75, 3.05) is 5.32 Å². The monoisotopic (exact) mass is 403 g/mol. The Balaban J connectivity index is 1.76. The summed E-state index contributed by atoms with van der Waals surface area (Å²) in [7, 11) is 0. The first kappa shape index (κ1) is 18.2. The van der Waals surface area contributed by atoms with Crippen molar-refractivity contribution >= 4 is 23.2 Å². The van der Waals surface area contributed by atoms with Crippen LogP contribution in [0.1, 0.15) is 41.1 Å². The van der Waals surface area contributed by atoms with Crippen LogP contribution >= 0.6 is 11.6 Å². The van der Waals surface area contributed by atoms with E-state index >= 15 is 0 Å². The third kappa shape index (κ3) is 2.90. The van der Waals surface area contributed by atoms with Crippen LogP contribution in [0.4, 0.5) is 5.82 Å². The van der Waals surface area contributed by atoms with Crippen LogP contribution in [0.3, 0.4) is 0 Å². The molecule has 1 N–H and O–H groups in total. The second-order valence-electron chi connectivity index (χ2n) is 7.86. The number of fused-ring (bicyclic) bond motifs is 2. The molecule has 146 valence electrons. The molecule has 0 saturated heterocycles. The summed E-state index contributed by atoms with van der Waals surface area (Å²) in [5.41, 5.74) is 6.11. The van der Waals surface area contributed by atoms with Crippen molar-refractivity contribution in [1.82, 2.24) is 9.78 Å². The van der Waals surface area contributed by atoms with Gasteiger partial charge in [-0.05, 0) is 44.0 Å². The van der Waals surface area contributed by atoms with Gasteiger partial charge in [-0.1, -0.05) is 53.6 Å². The lowest BCUT2D eigenvalue weighted by Gasteiger charge is -2.37. The highest BCUT2D eigenvalue weighted by Crippen LogP contribution is 2.49. The molecule has 0 amide bonds. The Hall–Kier alpha value is -2.85. The molecule has 1 aliphatic carbocycles. The number of nitrogens with one attached hydrogen (secondary N) is 1. The van der Waals surface area contributed by atoms with Gasteiger partial charge in [-0.3, -0.25) is 4.79 Å². The van der Waals surface area contributed by atoms with Gasteiger partial charge in [-0.15, -0.1) is 0 Å². The summed E-state index contributed by atoms with van der Waals surface area (Å²) in [6, 6.07) is 16.1. The number of carbonyl (C=O) groups excluding carboxylic acids is 1. The molecule has 1 aromatic heterocycles. The highest BCUT2D eigenvalue weighted by molar-refractivity contribution is 6.31. The highest BCUT2D eigenvalue weighted by Gasteiger charge is 2.43. The van der Waals surface area contributed by atoms with Gasteiger partial charge in [0, 0.05) is 28.6 Å². The smallest absolute Gasteiger partial charge is 0.143 e. The number of anilines is 1. The van der Waals surface area contributed by atoms with Gasteiger partial charge in [-0.2, -0.15) is 5.10 Å². The maximum Gasteiger partial charge on any atom is 0.143 e. The van der Waals surface area contributed by atoms with Gasteiger partial charge in [0.05, 0.1) is 17.3 Å². The molecule has 0 radical (unpaired) electrons. The molecule has 0 unspecified atom stereocenters. The van der Waals surface area contributed by atoms with Crippen molar-refractivity contribution < 1.29 is 4.79 Å². The number of Topliss-reactive ketones (excluding diaryl/α,β-unsaturated/α-hetero) is 1. The molecule has 1 aliphatic heterocycles. The number of benzene rings is 2. The minimum absolute atomic E-state index is 0.141. The van der Waals surface area contributed by atoms with Crippen LogP contribution in [0.25, 0.3) is 5.69 Å². The average molecular weight is 404 g/mol. The van der Waals surface area contributed by atoms with Crippen LogP contribution in [0.5, 0.6) is 0 Å². The number of ketones is 1. The molecule has 0 fully saturated rings. The summed E-state index contributed by atoms with van der Waals surface area (Å²) in [5.74, 6) is 0.797. The number of aromatic nitrogens is 2. The van der Waals surface area contributed by atoms with Crippen LogP contribution in [0.2, 0.25) is 5.02 Å². The first-order valence-corrected chi connectivity index (χ1v) is 10.3. The van der Waals surface area contributed by atoms with Crippen molar-refractivity contribution in [1.29, 1.82) is 0 Å². The van der Waals surface area contributed by atoms with Crippen molar-refractivity contribution in [2.45, 2.75) is 32.6 Å². The van der Waals surface area contributed by atoms with Crippen molar-refractivity contribution in [3.8, 4) is 5.69 Å². The van der Waals surface area contributed by atoms with E-state index in [1.54, 1.807) is 0 Å². The Kier molecular flexibility index (Phi) is 4.32. The van der Waals surface area contributed by atoms with Crippen LogP contribution in [-0.4, -0.2) is 15.6 Å². The number of hydrogen-bond donors (Lipinski definition) is 1. The third-order valence-corrected chi connectivity index (χ3v) is 6.31. The van der Waals surface area contributed by atoms with E-state index < -0.39 is 0 Å². The van der Waals surface area contributed by atoms with Gasteiger partial charge in [0.2, 0.25) is 0 Å². The average Bonchev–Trinajstić information content (AvgIpc) is 3.04. The van der Waals surface area contributed by atoms with E-state index in [2.05, 4.69) is 42.6 Å². The predicted octanol–water partition coefficient (Wildman–Crippen LogP) is 5.56. The Bertz CT molecular complexity index is 1140. The molecule has 3 aromatic rings. The van der Waals surface area contributed by atoms with Crippen LogP contribution < -0.4 is 5.32 Å². The van der Waals surface area contributed by atoms with E-state index in [-0.39, 0.29) is 17.6 Å². The summed E-state index contributed by atoms with van der Waals surface area (Å²) in [4.78, 5) is 13.0. The van der Waals surface area contributed by atoms with Gasteiger partial charge >= 0.3 is 0 Å². The summed E-state index contributed by atoms with van der Waals surface area (Å²) in [5, 5.41) is 9.09. The number of halogens is 1. The zero-order valence-corrected chi connectivity index (χ0v) is 17.2. The molecule has 4 nitrogen and oxygen atoms in total. The second kappa shape index (κ2) is 6.89. The van der Waals surface area contributed by atoms with E-state index in [1.165, 1.54) is 5.56 Å². The Morgan fingerprint density at radius 2 is 1.83 bits per heavy atom. The Labute approximate surface area is 175 Å². The van der Waals surface area contributed by atoms with Gasteiger partial charge in [0.15, 0.2) is 0 Å². The van der Waals surface area contributed by atoms with E-state index in [1.807, 2.05) is 35.9 Å². The number of hydrogen-bond acceptors (Lipinski definition) is 3. The van der Waals surface area contributed by atoms with Crippen LogP contribution in [0.15, 0.2) is 60.3 Å². The standard InChI is InChI=1S/C24H22ClN3O/c1-14-10-12-16(13-11-14)28-24-21(15(2)27-28)22(17-6-3-4-7-18(17)25)23-19(26-24)8-5-9-20(23)29/h3-4,6-8,10-13,22-23,26H,5,9H2,1-2H3/t22-,23+/m1/s1. The van der Waals surface area contributed by atoms with E-state index in [9.17, 15) is 4.79 Å². The van der Waals surface area contributed by atoms with Gasteiger partial charge in [-0.25, -0.2) is 4.68 Å². The summed E-state index contributed by atoms with van der Waals surface area (Å²) in [6.45, 7) is 4.08. The zero-order valence-electron chi connectivity index (χ0n) is 16.4. The molecule has 2 aliphatic rings. The highest BCUT2D eigenvalue weighted by atomic mass is 35.5. The maximum absolute atomic E-state index is 13.0. The topological polar surface area (TPSA) is 46.9 Å². The SMILES string of the molecule is Cc1ccc(-n2nc(C)c3c2NC2=CCCC(=O)[C@H]2[C@@H]3c2ccccc2Cl)cc1. The summed E-state index contributed by atoms with van der Waals surface area (Å²) >= 11 is 6.62. The number of carbonyl (C=O) groups is 1. The lowest BCUT2D eigenvalue weighted by molar-refractivity contribution is -0.122. The van der Waals surface area contributed by atoms with Gasteiger partial charge in [0.25, 0.3) is 0 Å². The number of nitrogens with zero attached hydrogens (tertiary/aromatic N) is 2. The third-order valence-electron chi connectivity index (χ3n) is 5.97. The normalized spacial score (nSPS) is 20.5. The quantitative estimate of drug-likeness (QED) is 0.609. The van der Waals surface area contributed by atoms with Crippen LogP contribution in [0, 0.1) is 19.8 Å². The Morgan fingerprint density at radius 3 is 2.59 bits per heavy atom. The number of aryl methyl sites for hydroxylation is 2. The minimum atomic E-state index is -0.245. The molecular formula is C24H22ClN3O. The van der Waals surface area contributed by atoms with E-state index in [4.69, 9.17) is 16.7 Å². The van der Waals surface area contributed by atoms with Gasteiger partial charge < -0.3 is 5.32 Å². The zero-order chi connectivity index (χ0) is 20.1. The Morgan fingerprint density at radius 1 is 1.07 bits per heavy atom. The fourth-order valence-electron chi connectivity index (χ4n) is 4.59. The summed E-state index contributed by atoms with van der Waals surface area (Å²) in [6.07, 6.45) is 3.48. The molecule has 0 saturated carbocycles. The van der Waals surface area contributed by atoms with Crippen LogP contribution in [-0.2, 0) is 4.79 Å². The maximum atomic E-state index is 13.0. The molecule has 5 rings (SSSR count). The molecule has 0 bridgehead atoms. The predicted molar refractivity (Wildman–Crippen MR) is 116 cm³/mol. The lowest BCUT2D eigenvalue weighted by Crippen LogP contribution is -2.35. The first-order valence-electron chi connectivity index (χ1n) is 9.95. The van der Waals surface area contributed by atoms with E-state index in [0.717, 1.165) is 40.4 Å². The fourth-order valence-corrected chi connectivity index (χ4v) is 4.84. The molecule has 2 heterocycles. The summed E-state index contributed by atoms with van der Waals surface area (Å²) < 4.78 is 1.95. The molecule has 5 heteroatoms. The first-order chi connectivity index (χ1) is 14.0. The van der Waals surface area contributed by atoms with Crippen molar-refractivity contribution in [3.63, 3.8) is 0 Å². The van der Waals surface area contributed by atoms with Gasteiger partial charge in [0.1, 0.15) is 11.6 Å². The van der Waals surface area contributed by atoms with E-state index in [0.29, 0.717) is 11.4 Å². The molecule has 2 atom stereocenters. The number of allylic oxidation sites excluding steroid dienone is 2. The molecule has 0 spiro atoms.